The number of anilines is 1. The number of hydrogen-bond donors (Lipinski definition) is 1. The van der Waals surface area contributed by atoms with Gasteiger partial charge in [-0.2, -0.15) is 0 Å². The van der Waals surface area contributed by atoms with Gasteiger partial charge in [0, 0.05) is 17.8 Å². The molecule has 0 saturated heterocycles. The van der Waals surface area contributed by atoms with Crippen molar-refractivity contribution in [3.63, 3.8) is 0 Å². The van der Waals surface area contributed by atoms with Gasteiger partial charge in [0.25, 0.3) is 11.5 Å². The number of para-hydroxylation sites is 1. The number of rotatable bonds is 7. The standard InChI is InChI=1S/C27H25N3O4/c1-18-12-13-19(2)23(16-18)29-26(32)25(20-8-4-3-5-9-20)34-24(31)14-15-30-17-28-22-11-7-6-10-21(22)27(30)33/h3-13,16-17,25H,14-15H2,1-2H3,(H,29,32). The summed E-state index contributed by atoms with van der Waals surface area (Å²) in [7, 11) is 0. The van der Waals surface area contributed by atoms with Crippen LogP contribution in [0.1, 0.15) is 29.2 Å². The third-order valence-electron chi connectivity index (χ3n) is 5.53. The molecule has 0 saturated carbocycles. The number of esters is 1. The van der Waals surface area contributed by atoms with E-state index in [0.29, 0.717) is 22.2 Å². The van der Waals surface area contributed by atoms with Gasteiger partial charge < -0.3 is 10.1 Å². The van der Waals surface area contributed by atoms with E-state index in [0.717, 1.165) is 11.1 Å². The molecule has 0 aliphatic heterocycles. The molecule has 0 aliphatic carbocycles. The van der Waals surface area contributed by atoms with Crippen LogP contribution in [0.15, 0.2) is 83.9 Å². The monoisotopic (exact) mass is 455 g/mol. The van der Waals surface area contributed by atoms with Crippen LogP contribution < -0.4 is 10.9 Å². The molecule has 1 heterocycles. The Kier molecular flexibility index (Phi) is 6.82. The van der Waals surface area contributed by atoms with Crippen molar-refractivity contribution in [3.8, 4) is 0 Å². The van der Waals surface area contributed by atoms with Crippen LogP contribution in [0.4, 0.5) is 5.69 Å². The molecule has 3 aromatic carbocycles. The minimum atomic E-state index is -1.12. The highest BCUT2D eigenvalue weighted by Gasteiger charge is 2.25. The minimum Gasteiger partial charge on any atom is -0.447 e. The molecule has 172 valence electrons. The highest BCUT2D eigenvalue weighted by Crippen LogP contribution is 2.23. The first kappa shape index (κ1) is 22.9. The molecule has 0 fully saturated rings. The number of benzene rings is 3. The van der Waals surface area contributed by atoms with Gasteiger partial charge in [0.1, 0.15) is 0 Å². The van der Waals surface area contributed by atoms with Gasteiger partial charge in [-0.15, -0.1) is 0 Å². The van der Waals surface area contributed by atoms with Crippen LogP contribution in [-0.4, -0.2) is 21.4 Å². The molecule has 7 heteroatoms. The number of ether oxygens (including phenoxy) is 1. The lowest BCUT2D eigenvalue weighted by molar-refractivity contribution is -0.155. The van der Waals surface area contributed by atoms with Crippen LogP contribution in [0.2, 0.25) is 0 Å². The summed E-state index contributed by atoms with van der Waals surface area (Å²) in [5.74, 6) is -1.04. The SMILES string of the molecule is Cc1ccc(C)c(NC(=O)C(OC(=O)CCn2cnc3ccccc3c2=O)c2ccccc2)c1. The minimum absolute atomic E-state index is 0.0833. The van der Waals surface area contributed by atoms with Crippen molar-refractivity contribution < 1.29 is 14.3 Å². The van der Waals surface area contributed by atoms with Gasteiger partial charge in [0.15, 0.2) is 0 Å². The zero-order valence-electron chi connectivity index (χ0n) is 19.0. The van der Waals surface area contributed by atoms with Crippen molar-refractivity contribution in [1.29, 1.82) is 0 Å². The van der Waals surface area contributed by atoms with Crippen LogP contribution in [0, 0.1) is 13.8 Å². The zero-order chi connectivity index (χ0) is 24.1. The van der Waals surface area contributed by atoms with E-state index >= 15 is 0 Å². The van der Waals surface area contributed by atoms with Crippen LogP contribution >= 0.6 is 0 Å². The van der Waals surface area contributed by atoms with Crippen molar-refractivity contribution >= 4 is 28.5 Å². The Balaban J connectivity index is 1.50. The molecule has 0 radical (unpaired) electrons. The van der Waals surface area contributed by atoms with Crippen molar-refractivity contribution in [2.75, 3.05) is 5.32 Å². The second-order valence-electron chi connectivity index (χ2n) is 8.10. The molecular weight excluding hydrogens is 430 g/mol. The maximum absolute atomic E-state index is 13.1. The van der Waals surface area contributed by atoms with Crippen LogP contribution in [0.5, 0.6) is 0 Å². The maximum atomic E-state index is 13.1. The van der Waals surface area contributed by atoms with Gasteiger partial charge in [0.05, 0.1) is 23.7 Å². The lowest BCUT2D eigenvalue weighted by Crippen LogP contribution is -2.27. The third-order valence-corrected chi connectivity index (χ3v) is 5.53. The van der Waals surface area contributed by atoms with Gasteiger partial charge in [0.2, 0.25) is 6.10 Å². The molecule has 1 aromatic heterocycles. The fourth-order valence-electron chi connectivity index (χ4n) is 3.64. The number of carbonyl (C=O) groups is 2. The third kappa shape index (κ3) is 5.20. The highest BCUT2D eigenvalue weighted by molar-refractivity contribution is 5.96. The molecule has 7 nitrogen and oxygen atoms in total. The Bertz CT molecular complexity index is 1400. The molecule has 0 spiro atoms. The number of aryl methyl sites for hydroxylation is 3. The molecule has 0 aliphatic rings. The number of nitrogens with zero attached hydrogens (tertiary/aromatic N) is 2. The molecule has 0 bridgehead atoms. The lowest BCUT2D eigenvalue weighted by atomic mass is 10.1. The molecular formula is C27H25N3O4. The van der Waals surface area contributed by atoms with Gasteiger partial charge in [-0.3, -0.25) is 19.0 Å². The van der Waals surface area contributed by atoms with Gasteiger partial charge in [-0.05, 0) is 43.2 Å². The Morgan fingerprint density at radius 3 is 2.53 bits per heavy atom. The molecule has 1 unspecified atom stereocenters. The van der Waals surface area contributed by atoms with Crippen LogP contribution in [0.25, 0.3) is 10.9 Å². The molecule has 1 atom stereocenters. The number of carbonyl (C=O) groups excluding carboxylic acids is 2. The van der Waals surface area contributed by atoms with E-state index in [1.165, 1.54) is 10.9 Å². The topological polar surface area (TPSA) is 90.3 Å². The summed E-state index contributed by atoms with van der Waals surface area (Å²) in [4.78, 5) is 42.8. The molecule has 1 N–H and O–H groups in total. The van der Waals surface area contributed by atoms with Crippen molar-refractivity contribution in [1.82, 2.24) is 9.55 Å². The lowest BCUT2D eigenvalue weighted by Gasteiger charge is -2.19. The fraction of sp³-hybridized carbons (Fsp3) is 0.185. The average Bonchev–Trinajstić information content (AvgIpc) is 2.85. The van der Waals surface area contributed by atoms with Crippen molar-refractivity contribution in [2.45, 2.75) is 32.9 Å². The van der Waals surface area contributed by atoms with Gasteiger partial charge in [-0.25, -0.2) is 4.98 Å². The predicted molar refractivity (Wildman–Crippen MR) is 130 cm³/mol. The van der Waals surface area contributed by atoms with Gasteiger partial charge >= 0.3 is 5.97 Å². The second-order valence-corrected chi connectivity index (χ2v) is 8.10. The van der Waals surface area contributed by atoms with E-state index < -0.39 is 18.0 Å². The fourth-order valence-corrected chi connectivity index (χ4v) is 3.64. The smallest absolute Gasteiger partial charge is 0.308 e. The number of nitrogens with one attached hydrogen (secondary N) is 1. The number of aromatic nitrogens is 2. The second kappa shape index (κ2) is 10.1. The number of hydrogen-bond acceptors (Lipinski definition) is 5. The Morgan fingerprint density at radius 2 is 1.74 bits per heavy atom. The summed E-state index contributed by atoms with van der Waals surface area (Å²) < 4.78 is 6.98. The van der Waals surface area contributed by atoms with Gasteiger partial charge in [-0.1, -0.05) is 54.6 Å². The normalized spacial score (nSPS) is 11.7. The number of fused-ring (bicyclic) bond motifs is 1. The maximum Gasteiger partial charge on any atom is 0.308 e. The van der Waals surface area contributed by atoms with Crippen molar-refractivity contribution in [2.24, 2.45) is 0 Å². The van der Waals surface area contributed by atoms with E-state index in [2.05, 4.69) is 10.3 Å². The predicted octanol–water partition coefficient (Wildman–Crippen LogP) is 4.33. The first-order chi connectivity index (χ1) is 16.4. The Labute approximate surface area is 197 Å². The van der Waals surface area contributed by atoms with E-state index in [9.17, 15) is 14.4 Å². The Morgan fingerprint density at radius 1 is 1.00 bits per heavy atom. The molecule has 4 rings (SSSR count). The van der Waals surface area contributed by atoms with E-state index in [1.54, 1.807) is 42.5 Å². The zero-order valence-corrected chi connectivity index (χ0v) is 19.0. The molecule has 34 heavy (non-hydrogen) atoms. The summed E-state index contributed by atoms with van der Waals surface area (Å²) in [5, 5.41) is 3.36. The Hall–Kier alpha value is -4.26. The quantitative estimate of drug-likeness (QED) is 0.419. The summed E-state index contributed by atoms with van der Waals surface area (Å²) in [6, 6.07) is 21.6. The van der Waals surface area contributed by atoms with Crippen LogP contribution in [-0.2, 0) is 20.9 Å². The summed E-state index contributed by atoms with van der Waals surface area (Å²) in [6.07, 6.45) is 0.208. The number of amides is 1. The summed E-state index contributed by atoms with van der Waals surface area (Å²) in [6.45, 7) is 3.93. The highest BCUT2D eigenvalue weighted by atomic mass is 16.5. The van der Waals surface area contributed by atoms with Crippen molar-refractivity contribution in [3.05, 3.63) is 106 Å². The first-order valence-electron chi connectivity index (χ1n) is 11.0. The molecule has 4 aromatic rings. The average molecular weight is 456 g/mol. The van der Waals surface area contributed by atoms with E-state index in [4.69, 9.17) is 4.74 Å². The summed E-state index contributed by atoms with van der Waals surface area (Å²) >= 11 is 0. The largest absolute Gasteiger partial charge is 0.447 e. The first-order valence-corrected chi connectivity index (χ1v) is 11.0. The van der Waals surface area contributed by atoms with E-state index in [1.807, 2.05) is 44.2 Å². The molecule has 1 amide bonds. The van der Waals surface area contributed by atoms with E-state index in [-0.39, 0.29) is 18.5 Å². The van der Waals surface area contributed by atoms with Crippen LogP contribution in [0.3, 0.4) is 0 Å². The summed E-state index contributed by atoms with van der Waals surface area (Å²) in [5.41, 5.74) is 3.49.